The minimum Gasteiger partial charge on any atom is -0.493 e. The van der Waals surface area contributed by atoms with E-state index in [9.17, 15) is 9.18 Å². The van der Waals surface area contributed by atoms with Crippen LogP contribution in [0.5, 0.6) is 11.5 Å². The number of ether oxygens (including phenoxy) is 2. The predicted molar refractivity (Wildman–Crippen MR) is 87.4 cm³/mol. The normalized spacial score (nSPS) is 10.2. The minimum absolute atomic E-state index is 0.233. The molecule has 0 saturated heterocycles. The van der Waals surface area contributed by atoms with Crippen LogP contribution in [0.1, 0.15) is 15.9 Å². The van der Waals surface area contributed by atoms with Crippen LogP contribution >= 0.6 is 0 Å². The van der Waals surface area contributed by atoms with E-state index in [1.807, 2.05) is 0 Å². The highest BCUT2D eigenvalue weighted by Crippen LogP contribution is 2.29. The van der Waals surface area contributed by atoms with Gasteiger partial charge in [-0.3, -0.25) is 0 Å². The molecular weight excluding hydrogens is 313 g/mol. The number of halogens is 1. The van der Waals surface area contributed by atoms with E-state index in [2.05, 4.69) is 10.0 Å². The number of methoxy groups -OCH3 is 1. The third-order valence-corrected chi connectivity index (χ3v) is 3.03. The molecule has 0 aliphatic heterocycles. The lowest BCUT2D eigenvalue weighted by Crippen LogP contribution is -2.09. The van der Waals surface area contributed by atoms with Gasteiger partial charge in [0.05, 0.1) is 12.7 Å². The van der Waals surface area contributed by atoms with Crippen LogP contribution in [0.4, 0.5) is 4.39 Å². The maximum absolute atomic E-state index is 12.9. The molecule has 0 spiro atoms. The van der Waals surface area contributed by atoms with Crippen molar-refractivity contribution >= 4 is 12.0 Å². The molecule has 2 rings (SSSR count). The molecule has 2 aromatic carbocycles. The Bertz CT molecular complexity index is 797. The molecule has 2 aromatic rings. The molecule has 6 nitrogen and oxygen atoms in total. The van der Waals surface area contributed by atoms with Gasteiger partial charge >= 0.3 is 5.97 Å². The fraction of sp³-hybridized carbons (Fsp3) is 0.118. The Morgan fingerprint density at radius 2 is 2.00 bits per heavy atom. The zero-order valence-electron chi connectivity index (χ0n) is 12.8. The smallest absolute Gasteiger partial charge is 0.343 e. The molecule has 0 fully saturated rings. The summed E-state index contributed by atoms with van der Waals surface area (Å²) in [6, 6.07) is 10.1. The van der Waals surface area contributed by atoms with E-state index in [4.69, 9.17) is 15.0 Å². The molecule has 0 atom stereocenters. The third kappa shape index (κ3) is 4.59. The number of benzene rings is 2. The first kappa shape index (κ1) is 17.1. The van der Waals surface area contributed by atoms with E-state index in [1.54, 1.807) is 30.4 Å². The Labute approximate surface area is 137 Å². The minimum atomic E-state index is -0.611. The first-order valence-electron chi connectivity index (χ1n) is 6.97. The number of hydrogen-bond acceptors (Lipinski definition) is 4. The molecule has 0 aliphatic rings. The number of rotatable bonds is 6. The lowest BCUT2D eigenvalue weighted by atomic mass is 10.2. The van der Waals surface area contributed by atoms with E-state index in [0.717, 1.165) is 5.56 Å². The van der Waals surface area contributed by atoms with Crippen LogP contribution < -0.4 is 9.47 Å². The maximum Gasteiger partial charge on any atom is 0.343 e. The van der Waals surface area contributed by atoms with Crippen LogP contribution in [0.15, 0.2) is 53.7 Å². The monoisotopic (exact) mass is 327 g/mol. The molecule has 0 N–H and O–H groups in total. The van der Waals surface area contributed by atoms with E-state index < -0.39 is 11.8 Å². The number of esters is 1. The van der Waals surface area contributed by atoms with Gasteiger partial charge in [0.15, 0.2) is 11.5 Å². The zero-order chi connectivity index (χ0) is 17.4. The fourth-order valence-corrected chi connectivity index (χ4v) is 1.89. The second-order valence-electron chi connectivity index (χ2n) is 4.62. The van der Waals surface area contributed by atoms with Crippen molar-refractivity contribution in [3.05, 3.63) is 75.9 Å². The fourth-order valence-electron chi connectivity index (χ4n) is 1.89. The van der Waals surface area contributed by atoms with Crippen molar-refractivity contribution in [3.8, 4) is 11.5 Å². The third-order valence-electron chi connectivity index (χ3n) is 3.03. The Morgan fingerprint density at radius 1 is 1.25 bits per heavy atom. The molecule has 0 aliphatic carbocycles. The highest BCUT2D eigenvalue weighted by Gasteiger charge is 2.12. The van der Waals surface area contributed by atoms with E-state index in [-0.39, 0.29) is 17.9 Å². The maximum atomic E-state index is 12.9. The van der Waals surface area contributed by atoms with Crippen molar-refractivity contribution in [2.75, 3.05) is 13.7 Å². The highest BCUT2D eigenvalue weighted by atomic mass is 19.1. The molecule has 0 saturated carbocycles. The van der Waals surface area contributed by atoms with E-state index >= 15 is 0 Å². The van der Waals surface area contributed by atoms with Gasteiger partial charge in [-0.1, -0.05) is 23.3 Å². The molecule has 24 heavy (non-hydrogen) atoms. The summed E-state index contributed by atoms with van der Waals surface area (Å²) in [6.45, 7) is 0.236. The number of carbonyl (C=O) groups excluding carboxylic acids is 1. The van der Waals surface area contributed by atoms with Gasteiger partial charge in [0.25, 0.3) is 0 Å². The van der Waals surface area contributed by atoms with Crippen LogP contribution in [-0.4, -0.2) is 19.6 Å². The molecule has 0 bridgehead atoms. The van der Waals surface area contributed by atoms with Crippen molar-refractivity contribution in [3.63, 3.8) is 0 Å². The van der Waals surface area contributed by atoms with Gasteiger partial charge in [-0.05, 0) is 47.5 Å². The lowest BCUT2D eigenvalue weighted by molar-refractivity contribution is 0.0729. The van der Waals surface area contributed by atoms with Gasteiger partial charge < -0.3 is 9.47 Å². The van der Waals surface area contributed by atoms with Crippen molar-refractivity contribution in [2.45, 2.75) is 0 Å². The zero-order valence-corrected chi connectivity index (χ0v) is 12.8. The van der Waals surface area contributed by atoms with Gasteiger partial charge in [0.2, 0.25) is 0 Å². The van der Waals surface area contributed by atoms with E-state index in [0.29, 0.717) is 5.75 Å². The lowest BCUT2D eigenvalue weighted by Gasteiger charge is -2.10. The molecule has 7 heteroatoms. The molecule has 0 radical (unpaired) electrons. The molecule has 0 heterocycles. The molecule has 122 valence electrons. The Hall–Kier alpha value is -3.31. The number of hydrogen-bond donors (Lipinski definition) is 0. The van der Waals surface area contributed by atoms with Gasteiger partial charge in [0.1, 0.15) is 5.82 Å². The van der Waals surface area contributed by atoms with Crippen molar-refractivity contribution in [1.29, 1.82) is 0 Å². The van der Waals surface area contributed by atoms with Crippen molar-refractivity contribution in [1.82, 2.24) is 0 Å². The largest absolute Gasteiger partial charge is 0.493 e. The van der Waals surface area contributed by atoms with Crippen LogP contribution in [0.25, 0.3) is 16.5 Å². The Morgan fingerprint density at radius 3 is 2.67 bits per heavy atom. The summed E-state index contributed by atoms with van der Waals surface area (Å²) in [5.74, 6) is -0.420. The predicted octanol–water partition coefficient (Wildman–Crippen LogP) is 4.38. The first-order valence-corrected chi connectivity index (χ1v) is 6.97. The quantitative estimate of drug-likeness (QED) is 0.259. The van der Waals surface area contributed by atoms with Crippen LogP contribution in [-0.2, 0) is 0 Å². The summed E-state index contributed by atoms with van der Waals surface area (Å²) in [4.78, 5) is 14.7. The Kier molecular flexibility index (Phi) is 5.94. The van der Waals surface area contributed by atoms with Crippen molar-refractivity contribution in [2.24, 2.45) is 5.11 Å². The summed E-state index contributed by atoms with van der Waals surface area (Å²) >= 11 is 0. The Balaban J connectivity index is 2.15. The average molecular weight is 327 g/mol. The summed E-state index contributed by atoms with van der Waals surface area (Å²) in [6.07, 6.45) is 3.45. The molecule has 0 aromatic heterocycles. The van der Waals surface area contributed by atoms with Crippen molar-refractivity contribution < 1.29 is 18.7 Å². The SMILES string of the molecule is COc1cc(C=CCN=[N+]=[N-])ccc1OC(=O)c1ccc(F)cc1. The molecular formula is C17H14FN3O3. The summed E-state index contributed by atoms with van der Waals surface area (Å²) in [7, 11) is 1.46. The van der Waals surface area contributed by atoms with Crippen LogP contribution in [0.3, 0.4) is 0 Å². The number of azide groups is 1. The highest BCUT2D eigenvalue weighted by molar-refractivity contribution is 5.91. The van der Waals surface area contributed by atoms with Gasteiger partial charge in [-0.2, -0.15) is 0 Å². The van der Waals surface area contributed by atoms with E-state index in [1.165, 1.54) is 31.4 Å². The topological polar surface area (TPSA) is 84.3 Å². The summed E-state index contributed by atoms with van der Waals surface area (Å²) in [5.41, 5.74) is 9.24. The number of nitrogens with zero attached hydrogens (tertiary/aromatic N) is 3. The van der Waals surface area contributed by atoms with Gasteiger partial charge in [0, 0.05) is 11.5 Å². The van der Waals surface area contributed by atoms with Crippen LogP contribution in [0.2, 0.25) is 0 Å². The second-order valence-corrected chi connectivity index (χ2v) is 4.62. The average Bonchev–Trinajstić information content (AvgIpc) is 2.60. The summed E-state index contributed by atoms with van der Waals surface area (Å²) in [5, 5.41) is 3.39. The van der Waals surface area contributed by atoms with Gasteiger partial charge in [-0.15, -0.1) is 0 Å². The first-order chi connectivity index (χ1) is 11.6. The van der Waals surface area contributed by atoms with Crippen LogP contribution in [0, 0.1) is 5.82 Å². The standard InChI is InChI=1S/C17H14FN3O3/c1-23-16-11-12(3-2-10-20-21-19)4-9-15(16)24-17(22)13-5-7-14(18)8-6-13/h2-9,11H,10H2,1H3. The number of carbonyl (C=O) groups is 1. The molecule has 0 amide bonds. The second kappa shape index (κ2) is 8.36. The van der Waals surface area contributed by atoms with Gasteiger partial charge in [-0.25, -0.2) is 9.18 Å². The molecule has 0 unspecified atom stereocenters. The summed E-state index contributed by atoms with van der Waals surface area (Å²) < 4.78 is 23.4.